The van der Waals surface area contributed by atoms with Crippen molar-refractivity contribution in [1.29, 1.82) is 0 Å². The van der Waals surface area contributed by atoms with Gasteiger partial charge in [0.15, 0.2) is 0 Å². The molecule has 0 amide bonds. The molecule has 3 nitrogen and oxygen atoms in total. The SMILES string of the molecule is CCCCCC/C=C/CC1N=CCN1CCO. The van der Waals surface area contributed by atoms with Crippen LogP contribution in [-0.4, -0.2) is 42.1 Å². The van der Waals surface area contributed by atoms with E-state index in [9.17, 15) is 0 Å². The summed E-state index contributed by atoms with van der Waals surface area (Å²) in [7, 11) is 0. The van der Waals surface area contributed by atoms with Crippen molar-refractivity contribution in [2.45, 2.75) is 51.6 Å². The van der Waals surface area contributed by atoms with Crippen molar-refractivity contribution in [3.63, 3.8) is 0 Å². The summed E-state index contributed by atoms with van der Waals surface area (Å²) in [4.78, 5) is 6.63. The summed E-state index contributed by atoms with van der Waals surface area (Å²) >= 11 is 0. The van der Waals surface area contributed by atoms with Gasteiger partial charge in [0.2, 0.25) is 0 Å². The number of nitrogens with zero attached hydrogens (tertiary/aromatic N) is 2. The predicted octanol–water partition coefficient (Wildman–Crippen LogP) is 2.61. The molecular weight excluding hydrogens is 212 g/mol. The van der Waals surface area contributed by atoms with Gasteiger partial charge in [-0.15, -0.1) is 0 Å². The third-order valence-corrected chi connectivity index (χ3v) is 3.14. The average molecular weight is 238 g/mol. The molecular formula is C14H26N2O. The maximum atomic E-state index is 8.92. The highest BCUT2D eigenvalue weighted by molar-refractivity contribution is 5.62. The fourth-order valence-electron chi connectivity index (χ4n) is 2.09. The summed E-state index contributed by atoms with van der Waals surface area (Å²) in [5.74, 6) is 0. The molecule has 0 saturated carbocycles. The molecule has 98 valence electrons. The van der Waals surface area contributed by atoms with Crippen LogP contribution in [0.4, 0.5) is 0 Å². The van der Waals surface area contributed by atoms with Gasteiger partial charge in [0.05, 0.1) is 6.61 Å². The van der Waals surface area contributed by atoms with Crippen molar-refractivity contribution in [2.75, 3.05) is 19.7 Å². The Bertz CT molecular complexity index is 238. The smallest absolute Gasteiger partial charge is 0.105 e. The van der Waals surface area contributed by atoms with Gasteiger partial charge < -0.3 is 5.11 Å². The fraction of sp³-hybridized carbons (Fsp3) is 0.786. The number of allylic oxidation sites excluding steroid dienone is 1. The number of rotatable bonds is 9. The van der Waals surface area contributed by atoms with Crippen molar-refractivity contribution >= 4 is 6.21 Å². The summed E-state index contributed by atoms with van der Waals surface area (Å²) in [5, 5.41) is 8.92. The normalized spacial score (nSPS) is 20.7. The zero-order chi connectivity index (χ0) is 12.3. The zero-order valence-corrected chi connectivity index (χ0v) is 11.0. The second kappa shape index (κ2) is 9.37. The number of aliphatic hydroxyl groups excluding tert-OH is 1. The van der Waals surface area contributed by atoms with Crippen LogP contribution < -0.4 is 0 Å². The minimum absolute atomic E-state index is 0.223. The van der Waals surface area contributed by atoms with E-state index < -0.39 is 0 Å². The summed E-state index contributed by atoms with van der Waals surface area (Å²) in [5.41, 5.74) is 0. The van der Waals surface area contributed by atoms with Gasteiger partial charge in [-0.3, -0.25) is 9.89 Å². The first-order valence-corrected chi connectivity index (χ1v) is 6.90. The maximum Gasteiger partial charge on any atom is 0.105 e. The number of unbranched alkanes of at least 4 members (excludes halogenated alkanes) is 4. The van der Waals surface area contributed by atoms with E-state index in [1.807, 2.05) is 6.21 Å². The van der Waals surface area contributed by atoms with Crippen molar-refractivity contribution in [3.8, 4) is 0 Å². The Morgan fingerprint density at radius 2 is 2.24 bits per heavy atom. The van der Waals surface area contributed by atoms with Crippen LogP contribution in [0.15, 0.2) is 17.1 Å². The molecule has 0 fully saturated rings. The topological polar surface area (TPSA) is 35.8 Å². The van der Waals surface area contributed by atoms with E-state index in [1.54, 1.807) is 0 Å². The van der Waals surface area contributed by atoms with Crippen LogP contribution in [0.5, 0.6) is 0 Å². The number of aliphatic imine (C=N–C) groups is 1. The summed E-state index contributed by atoms with van der Waals surface area (Å²) in [6.45, 7) is 4.08. The molecule has 1 unspecified atom stereocenters. The number of β-amino-alcohol motifs (C(OH)–C–C–N with tert-alkyl or cyclic N) is 1. The first kappa shape index (κ1) is 14.4. The number of hydrogen-bond donors (Lipinski definition) is 1. The highest BCUT2D eigenvalue weighted by Gasteiger charge is 2.18. The highest BCUT2D eigenvalue weighted by atomic mass is 16.3. The molecule has 0 spiro atoms. The summed E-state index contributed by atoms with van der Waals surface area (Å²) < 4.78 is 0. The van der Waals surface area contributed by atoms with E-state index in [0.717, 1.165) is 19.5 Å². The summed E-state index contributed by atoms with van der Waals surface area (Å²) in [6, 6.07) is 0. The molecule has 0 aromatic rings. The zero-order valence-electron chi connectivity index (χ0n) is 11.0. The monoisotopic (exact) mass is 238 g/mol. The van der Waals surface area contributed by atoms with Gasteiger partial charge in [0.1, 0.15) is 6.17 Å². The third-order valence-electron chi connectivity index (χ3n) is 3.14. The van der Waals surface area contributed by atoms with Gasteiger partial charge in [-0.05, 0) is 12.8 Å². The molecule has 1 atom stereocenters. The van der Waals surface area contributed by atoms with Crippen LogP contribution in [0, 0.1) is 0 Å². The minimum Gasteiger partial charge on any atom is -0.395 e. The molecule has 1 rings (SSSR count). The van der Waals surface area contributed by atoms with Gasteiger partial charge in [-0.2, -0.15) is 0 Å². The van der Waals surface area contributed by atoms with E-state index in [2.05, 4.69) is 29.0 Å². The van der Waals surface area contributed by atoms with Crippen LogP contribution in [0.25, 0.3) is 0 Å². The van der Waals surface area contributed by atoms with Crippen molar-refractivity contribution in [3.05, 3.63) is 12.2 Å². The van der Waals surface area contributed by atoms with Crippen LogP contribution >= 0.6 is 0 Å². The highest BCUT2D eigenvalue weighted by Crippen LogP contribution is 2.11. The van der Waals surface area contributed by atoms with E-state index in [0.29, 0.717) is 0 Å². The average Bonchev–Trinajstić information content (AvgIpc) is 2.76. The van der Waals surface area contributed by atoms with Gasteiger partial charge in [0, 0.05) is 25.7 Å². The predicted molar refractivity (Wildman–Crippen MR) is 73.5 cm³/mol. The molecule has 1 heterocycles. The van der Waals surface area contributed by atoms with Gasteiger partial charge in [0.25, 0.3) is 0 Å². The molecule has 1 aliphatic heterocycles. The Kier molecular flexibility index (Phi) is 7.93. The van der Waals surface area contributed by atoms with Crippen molar-refractivity contribution < 1.29 is 5.11 Å². The lowest BCUT2D eigenvalue weighted by atomic mass is 10.1. The van der Waals surface area contributed by atoms with Crippen LogP contribution in [0.1, 0.15) is 45.4 Å². The Morgan fingerprint density at radius 1 is 1.35 bits per heavy atom. The molecule has 17 heavy (non-hydrogen) atoms. The van der Waals surface area contributed by atoms with Crippen LogP contribution in [-0.2, 0) is 0 Å². The molecule has 0 aromatic carbocycles. The van der Waals surface area contributed by atoms with E-state index >= 15 is 0 Å². The van der Waals surface area contributed by atoms with Crippen LogP contribution in [0.3, 0.4) is 0 Å². The third kappa shape index (κ3) is 5.99. The summed E-state index contributed by atoms with van der Waals surface area (Å²) in [6.07, 6.45) is 14.2. The van der Waals surface area contributed by atoms with Gasteiger partial charge in [-0.25, -0.2) is 0 Å². The molecule has 1 N–H and O–H groups in total. The maximum absolute atomic E-state index is 8.92. The van der Waals surface area contributed by atoms with E-state index in [1.165, 1.54) is 32.1 Å². The first-order valence-electron chi connectivity index (χ1n) is 6.90. The number of hydrogen-bond acceptors (Lipinski definition) is 3. The Hall–Kier alpha value is -0.670. The minimum atomic E-state index is 0.223. The van der Waals surface area contributed by atoms with E-state index in [4.69, 9.17) is 5.11 Å². The second-order valence-electron chi connectivity index (χ2n) is 4.59. The lowest BCUT2D eigenvalue weighted by molar-refractivity contribution is 0.184. The lowest BCUT2D eigenvalue weighted by Crippen LogP contribution is -2.32. The second-order valence-corrected chi connectivity index (χ2v) is 4.59. The molecule has 1 aliphatic rings. The number of aliphatic hydroxyl groups is 1. The molecule has 0 radical (unpaired) electrons. The molecule has 0 aliphatic carbocycles. The Morgan fingerprint density at radius 3 is 3.00 bits per heavy atom. The fourth-order valence-corrected chi connectivity index (χ4v) is 2.09. The lowest BCUT2D eigenvalue weighted by Gasteiger charge is -2.20. The Balaban J connectivity index is 2.08. The molecule has 0 bridgehead atoms. The van der Waals surface area contributed by atoms with Gasteiger partial charge >= 0.3 is 0 Å². The Labute approximate surface area is 105 Å². The van der Waals surface area contributed by atoms with Crippen molar-refractivity contribution in [2.24, 2.45) is 4.99 Å². The molecule has 0 aromatic heterocycles. The standard InChI is InChI=1S/C14H26N2O/c1-2-3-4-5-6-7-8-9-14-15-10-11-16(14)12-13-17/h7-8,10,14,17H,2-6,9,11-13H2,1H3/b8-7+. The molecule has 0 saturated heterocycles. The van der Waals surface area contributed by atoms with Gasteiger partial charge in [-0.1, -0.05) is 38.3 Å². The first-order chi connectivity index (χ1) is 8.38. The van der Waals surface area contributed by atoms with Crippen molar-refractivity contribution in [1.82, 2.24) is 4.90 Å². The quantitative estimate of drug-likeness (QED) is 0.495. The molecule has 3 heteroatoms. The van der Waals surface area contributed by atoms with E-state index in [-0.39, 0.29) is 12.8 Å². The van der Waals surface area contributed by atoms with Crippen LogP contribution in [0.2, 0.25) is 0 Å². The largest absolute Gasteiger partial charge is 0.395 e.